The summed E-state index contributed by atoms with van der Waals surface area (Å²) in [5, 5.41) is 5.97. The van der Waals surface area contributed by atoms with Crippen molar-refractivity contribution in [3.63, 3.8) is 0 Å². The number of hydrogen-bond donors (Lipinski definition) is 2. The van der Waals surface area contributed by atoms with E-state index in [1.807, 2.05) is 43.3 Å². The number of likely N-dealkylation sites (N-methyl/N-ethyl adjacent to an activating group) is 1. The molecule has 1 aromatic heterocycles. The summed E-state index contributed by atoms with van der Waals surface area (Å²) in [4.78, 5) is 18.4. The number of anilines is 2. The van der Waals surface area contributed by atoms with Crippen LogP contribution in [-0.4, -0.2) is 29.4 Å². The maximum absolute atomic E-state index is 12.1. The normalized spacial score (nSPS) is 10.9. The van der Waals surface area contributed by atoms with Gasteiger partial charge in [0, 0.05) is 23.3 Å². The predicted molar refractivity (Wildman–Crippen MR) is 87.4 cm³/mol. The van der Waals surface area contributed by atoms with E-state index in [-0.39, 0.29) is 5.91 Å². The summed E-state index contributed by atoms with van der Waals surface area (Å²) in [6, 6.07) is 5.45. The molecule has 1 aromatic carbocycles. The summed E-state index contributed by atoms with van der Waals surface area (Å²) in [5.74, 6) is -0.0441. The molecule has 0 aliphatic carbocycles. The summed E-state index contributed by atoms with van der Waals surface area (Å²) >= 11 is 1.62. The Morgan fingerprint density at radius 3 is 2.81 bits per heavy atom. The quantitative estimate of drug-likeness (QED) is 0.832. The van der Waals surface area contributed by atoms with Gasteiger partial charge in [-0.1, -0.05) is 0 Å². The highest BCUT2D eigenvalue weighted by molar-refractivity contribution is 7.09. The first-order valence-electron chi connectivity index (χ1n) is 6.69. The highest BCUT2D eigenvalue weighted by Gasteiger charge is 2.10. The number of rotatable bonds is 5. The molecule has 1 amide bonds. The number of carbonyl (C=O) groups excluding carboxylic acids is 1. The van der Waals surface area contributed by atoms with E-state index in [9.17, 15) is 4.79 Å². The molecule has 0 bridgehead atoms. The zero-order valence-corrected chi connectivity index (χ0v) is 13.3. The molecule has 0 aliphatic rings. The molecule has 6 heteroatoms. The molecule has 21 heavy (non-hydrogen) atoms. The summed E-state index contributed by atoms with van der Waals surface area (Å²) in [5.41, 5.74) is 9.15. The van der Waals surface area contributed by atoms with Crippen molar-refractivity contribution in [2.75, 3.05) is 24.6 Å². The van der Waals surface area contributed by atoms with Gasteiger partial charge < -0.3 is 11.1 Å². The van der Waals surface area contributed by atoms with Crippen LogP contribution in [0.1, 0.15) is 16.3 Å². The number of thiazole rings is 1. The number of nitrogens with zero attached hydrogens (tertiary/aromatic N) is 2. The van der Waals surface area contributed by atoms with Crippen LogP contribution >= 0.6 is 11.3 Å². The molecule has 0 aliphatic heterocycles. The monoisotopic (exact) mass is 304 g/mol. The van der Waals surface area contributed by atoms with Gasteiger partial charge in [0.2, 0.25) is 5.91 Å². The molecule has 112 valence electrons. The van der Waals surface area contributed by atoms with E-state index in [0.717, 1.165) is 22.0 Å². The fourth-order valence-corrected chi connectivity index (χ4v) is 2.68. The lowest BCUT2D eigenvalue weighted by atomic mass is 10.2. The average Bonchev–Trinajstić information content (AvgIpc) is 2.78. The molecule has 2 aromatic rings. The number of amides is 1. The van der Waals surface area contributed by atoms with Crippen LogP contribution in [0.2, 0.25) is 0 Å². The number of aromatic nitrogens is 1. The van der Waals surface area contributed by atoms with Crippen LogP contribution in [0.4, 0.5) is 11.4 Å². The second-order valence-corrected chi connectivity index (χ2v) is 6.21. The fraction of sp³-hybridized carbons (Fsp3) is 0.333. The van der Waals surface area contributed by atoms with E-state index in [4.69, 9.17) is 5.73 Å². The third-order valence-corrected chi connectivity index (χ3v) is 3.86. The van der Waals surface area contributed by atoms with Gasteiger partial charge >= 0.3 is 0 Å². The number of benzene rings is 1. The van der Waals surface area contributed by atoms with Gasteiger partial charge in [0.05, 0.1) is 17.2 Å². The summed E-state index contributed by atoms with van der Waals surface area (Å²) in [7, 11) is 1.91. The largest absolute Gasteiger partial charge is 0.399 e. The zero-order valence-electron chi connectivity index (χ0n) is 12.5. The molecule has 0 saturated carbocycles. The van der Waals surface area contributed by atoms with Gasteiger partial charge in [0.1, 0.15) is 0 Å². The van der Waals surface area contributed by atoms with Crippen molar-refractivity contribution < 1.29 is 4.79 Å². The molecule has 0 saturated heterocycles. The first-order chi connectivity index (χ1) is 9.94. The number of nitrogens with one attached hydrogen (secondary N) is 1. The lowest BCUT2D eigenvalue weighted by Gasteiger charge is -2.16. The van der Waals surface area contributed by atoms with Gasteiger partial charge in [-0.2, -0.15) is 0 Å². The second kappa shape index (κ2) is 6.69. The lowest BCUT2D eigenvalue weighted by molar-refractivity contribution is -0.117. The predicted octanol–water partition coefficient (Wildman–Crippen LogP) is 2.41. The number of nitrogen functional groups attached to an aromatic ring is 1. The molecule has 1 heterocycles. The molecule has 0 unspecified atom stereocenters. The molecule has 0 atom stereocenters. The van der Waals surface area contributed by atoms with Gasteiger partial charge in [-0.15, -0.1) is 11.3 Å². The van der Waals surface area contributed by atoms with Gasteiger partial charge in [0.15, 0.2) is 0 Å². The minimum absolute atomic E-state index is 0.0441. The minimum Gasteiger partial charge on any atom is -0.399 e. The first-order valence-corrected chi connectivity index (χ1v) is 7.57. The SMILES string of the molecule is Cc1nc(CN(C)CC(=O)Nc2ccc(N)cc2C)cs1. The molecular weight excluding hydrogens is 284 g/mol. The summed E-state index contributed by atoms with van der Waals surface area (Å²) in [6.07, 6.45) is 0. The highest BCUT2D eigenvalue weighted by Crippen LogP contribution is 2.17. The van der Waals surface area contributed by atoms with Crippen molar-refractivity contribution in [1.29, 1.82) is 0 Å². The van der Waals surface area contributed by atoms with Gasteiger partial charge in [-0.3, -0.25) is 9.69 Å². The smallest absolute Gasteiger partial charge is 0.238 e. The van der Waals surface area contributed by atoms with E-state index in [1.54, 1.807) is 17.4 Å². The van der Waals surface area contributed by atoms with E-state index >= 15 is 0 Å². The van der Waals surface area contributed by atoms with Crippen molar-refractivity contribution in [3.05, 3.63) is 39.8 Å². The average molecular weight is 304 g/mol. The van der Waals surface area contributed by atoms with Crippen LogP contribution in [0.15, 0.2) is 23.6 Å². The van der Waals surface area contributed by atoms with Crippen LogP contribution in [0.5, 0.6) is 0 Å². The minimum atomic E-state index is -0.0441. The van der Waals surface area contributed by atoms with Gasteiger partial charge in [0.25, 0.3) is 0 Å². The number of aryl methyl sites for hydroxylation is 2. The third-order valence-electron chi connectivity index (χ3n) is 3.04. The van der Waals surface area contributed by atoms with Crippen molar-refractivity contribution in [1.82, 2.24) is 9.88 Å². The topological polar surface area (TPSA) is 71.2 Å². The summed E-state index contributed by atoms with van der Waals surface area (Å²) < 4.78 is 0. The van der Waals surface area contributed by atoms with Crippen LogP contribution in [0.25, 0.3) is 0 Å². The Hall–Kier alpha value is -1.92. The van der Waals surface area contributed by atoms with Crippen LogP contribution in [0, 0.1) is 13.8 Å². The lowest BCUT2D eigenvalue weighted by Crippen LogP contribution is -2.30. The zero-order chi connectivity index (χ0) is 15.4. The van der Waals surface area contributed by atoms with Crippen LogP contribution in [-0.2, 0) is 11.3 Å². The third kappa shape index (κ3) is 4.54. The molecule has 2 rings (SSSR count). The molecule has 0 fully saturated rings. The van der Waals surface area contributed by atoms with Gasteiger partial charge in [-0.05, 0) is 44.7 Å². The molecule has 0 spiro atoms. The summed E-state index contributed by atoms with van der Waals surface area (Å²) in [6.45, 7) is 4.89. The molecule has 3 N–H and O–H groups in total. The Bertz CT molecular complexity index is 638. The van der Waals surface area contributed by atoms with Crippen molar-refractivity contribution in [3.8, 4) is 0 Å². The number of nitrogens with two attached hydrogens (primary N) is 1. The van der Waals surface area contributed by atoms with Crippen LogP contribution < -0.4 is 11.1 Å². The Balaban J connectivity index is 1.89. The highest BCUT2D eigenvalue weighted by atomic mass is 32.1. The molecular formula is C15H20N4OS. The number of carbonyl (C=O) groups is 1. The standard InChI is InChI=1S/C15H20N4OS/c1-10-6-12(16)4-5-14(10)18-15(20)8-19(3)7-13-9-21-11(2)17-13/h4-6,9H,7-8,16H2,1-3H3,(H,18,20). The maximum Gasteiger partial charge on any atom is 0.238 e. The van der Waals surface area contributed by atoms with E-state index in [2.05, 4.69) is 10.3 Å². The van der Waals surface area contributed by atoms with Crippen LogP contribution in [0.3, 0.4) is 0 Å². The second-order valence-electron chi connectivity index (χ2n) is 5.15. The fourth-order valence-electron chi connectivity index (χ4n) is 2.08. The maximum atomic E-state index is 12.1. The van der Waals surface area contributed by atoms with Gasteiger partial charge in [-0.25, -0.2) is 4.98 Å². The molecule has 0 radical (unpaired) electrons. The Morgan fingerprint density at radius 1 is 1.43 bits per heavy atom. The van der Waals surface area contributed by atoms with E-state index in [0.29, 0.717) is 18.8 Å². The Morgan fingerprint density at radius 2 is 2.19 bits per heavy atom. The number of hydrogen-bond acceptors (Lipinski definition) is 5. The first kappa shape index (κ1) is 15.5. The van der Waals surface area contributed by atoms with E-state index < -0.39 is 0 Å². The molecule has 5 nitrogen and oxygen atoms in total. The van der Waals surface area contributed by atoms with E-state index in [1.165, 1.54) is 0 Å². The Labute approximate surface area is 128 Å². The van der Waals surface area contributed by atoms with Crippen molar-refractivity contribution >= 4 is 28.6 Å². The Kier molecular flexibility index (Phi) is 4.93. The van der Waals surface area contributed by atoms with Crippen molar-refractivity contribution in [2.24, 2.45) is 0 Å². The van der Waals surface area contributed by atoms with Crippen molar-refractivity contribution in [2.45, 2.75) is 20.4 Å².